The Labute approximate surface area is 112 Å². The molecule has 102 valence electrons. The Morgan fingerprint density at radius 2 is 2.21 bits per heavy atom. The van der Waals surface area contributed by atoms with Crippen LogP contribution in [-0.4, -0.2) is 22.2 Å². The zero-order valence-electron chi connectivity index (χ0n) is 11.3. The highest BCUT2D eigenvalue weighted by Crippen LogP contribution is 2.12. The molecular formula is C14H18N2O3. The van der Waals surface area contributed by atoms with Crippen LogP contribution in [-0.2, 0) is 16.0 Å². The molecular weight excluding hydrogens is 244 g/mol. The molecule has 0 aliphatic heterocycles. The van der Waals surface area contributed by atoms with Gasteiger partial charge in [0.15, 0.2) is 0 Å². The van der Waals surface area contributed by atoms with Crippen molar-refractivity contribution in [1.82, 2.24) is 10.1 Å². The van der Waals surface area contributed by atoms with E-state index in [1.165, 1.54) is 0 Å². The SMILES string of the molecule is C=CC=C(C=C)c1noc(CCC(=O)OC(C)C)n1. The minimum Gasteiger partial charge on any atom is -0.463 e. The van der Waals surface area contributed by atoms with Gasteiger partial charge >= 0.3 is 5.97 Å². The zero-order chi connectivity index (χ0) is 14.3. The lowest BCUT2D eigenvalue weighted by Gasteiger charge is -2.05. The first-order valence-electron chi connectivity index (χ1n) is 6.04. The van der Waals surface area contributed by atoms with E-state index >= 15 is 0 Å². The maximum Gasteiger partial charge on any atom is 0.306 e. The Morgan fingerprint density at radius 1 is 1.47 bits per heavy atom. The summed E-state index contributed by atoms with van der Waals surface area (Å²) in [6.45, 7) is 10.9. The van der Waals surface area contributed by atoms with Crippen LogP contribution in [0, 0.1) is 0 Å². The second kappa shape index (κ2) is 7.31. The van der Waals surface area contributed by atoms with Gasteiger partial charge in [-0.3, -0.25) is 4.79 Å². The van der Waals surface area contributed by atoms with Crippen molar-refractivity contribution in [2.24, 2.45) is 0 Å². The minimum absolute atomic E-state index is 0.117. The molecule has 1 heterocycles. The van der Waals surface area contributed by atoms with E-state index in [0.717, 1.165) is 5.57 Å². The second-order valence-corrected chi connectivity index (χ2v) is 4.11. The molecule has 0 aliphatic rings. The summed E-state index contributed by atoms with van der Waals surface area (Å²) in [6.07, 6.45) is 5.42. The fourth-order valence-electron chi connectivity index (χ4n) is 1.37. The van der Waals surface area contributed by atoms with Crippen LogP contribution in [0.2, 0.25) is 0 Å². The third kappa shape index (κ3) is 4.91. The van der Waals surface area contributed by atoms with Crippen molar-refractivity contribution in [1.29, 1.82) is 0 Å². The van der Waals surface area contributed by atoms with Crippen molar-refractivity contribution in [3.8, 4) is 0 Å². The number of allylic oxidation sites excluding steroid dienone is 4. The van der Waals surface area contributed by atoms with Crippen molar-refractivity contribution in [2.45, 2.75) is 32.8 Å². The van der Waals surface area contributed by atoms with Crippen LogP contribution in [0.25, 0.3) is 5.57 Å². The molecule has 0 saturated heterocycles. The highest BCUT2D eigenvalue weighted by atomic mass is 16.5. The number of ether oxygens (including phenoxy) is 1. The first kappa shape index (κ1) is 14.9. The lowest BCUT2D eigenvalue weighted by Crippen LogP contribution is -2.11. The lowest BCUT2D eigenvalue weighted by molar-refractivity contribution is -0.147. The molecule has 1 rings (SSSR count). The van der Waals surface area contributed by atoms with Crippen molar-refractivity contribution >= 4 is 11.5 Å². The number of carbonyl (C=O) groups is 1. The summed E-state index contributed by atoms with van der Waals surface area (Å²) in [7, 11) is 0. The van der Waals surface area contributed by atoms with Crippen LogP contribution in [0.4, 0.5) is 0 Å². The number of hydrogen-bond donors (Lipinski definition) is 0. The van der Waals surface area contributed by atoms with Gasteiger partial charge in [-0.05, 0) is 13.8 Å². The molecule has 0 fully saturated rings. The first-order chi connectivity index (χ1) is 9.06. The molecule has 1 aromatic rings. The summed E-state index contributed by atoms with van der Waals surface area (Å²) in [5, 5.41) is 3.82. The Morgan fingerprint density at radius 3 is 2.79 bits per heavy atom. The van der Waals surface area contributed by atoms with E-state index in [2.05, 4.69) is 23.3 Å². The van der Waals surface area contributed by atoms with Crippen LogP contribution in [0.5, 0.6) is 0 Å². The normalized spacial score (nSPS) is 11.4. The number of hydrogen-bond acceptors (Lipinski definition) is 5. The smallest absolute Gasteiger partial charge is 0.306 e. The molecule has 0 aromatic carbocycles. The molecule has 5 heteroatoms. The summed E-state index contributed by atoms with van der Waals surface area (Å²) in [5.41, 5.74) is 0.717. The van der Waals surface area contributed by atoms with Gasteiger partial charge in [0.2, 0.25) is 11.7 Å². The molecule has 0 saturated carbocycles. The molecule has 0 spiro atoms. The molecule has 5 nitrogen and oxygen atoms in total. The third-order valence-corrected chi connectivity index (χ3v) is 2.15. The minimum atomic E-state index is -0.277. The Kier molecular flexibility index (Phi) is 5.73. The molecule has 0 radical (unpaired) electrons. The summed E-state index contributed by atoms with van der Waals surface area (Å²) in [4.78, 5) is 15.6. The highest BCUT2D eigenvalue weighted by molar-refractivity contribution is 5.70. The molecule has 1 aromatic heterocycles. The van der Waals surface area contributed by atoms with Crippen molar-refractivity contribution in [3.63, 3.8) is 0 Å². The van der Waals surface area contributed by atoms with Gasteiger partial charge in [-0.1, -0.05) is 36.5 Å². The van der Waals surface area contributed by atoms with Crippen molar-refractivity contribution in [2.75, 3.05) is 0 Å². The number of esters is 1. The molecule has 0 aliphatic carbocycles. The molecule has 0 N–H and O–H groups in total. The summed E-state index contributed by atoms with van der Waals surface area (Å²) >= 11 is 0. The largest absolute Gasteiger partial charge is 0.463 e. The van der Waals surface area contributed by atoms with Crippen LogP contribution in [0.3, 0.4) is 0 Å². The zero-order valence-corrected chi connectivity index (χ0v) is 11.3. The van der Waals surface area contributed by atoms with Crippen LogP contribution in [0.1, 0.15) is 32.0 Å². The van der Waals surface area contributed by atoms with E-state index in [0.29, 0.717) is 18.1 Å². The van der Waals surface area contributed by atoms with E-state index in [4.69, 9.17) is 9.26 Å². The predicted molar refractivity (Wildman–Crippen MR) is 72.2 cm³/mol. The van der Waals surface area contributed by atoms with Gasteiger partial charge in [0.1, 0.15) is 0 Å². The average Bonchev–Trinajstić information content (AvgIpc) is 2.81. The summed E-state index contributed by atoms with van der Waals surface area (Å²) in [5.74, 6) is 0.551. The topological polar surface area (TPSA) is 65.2 Å². The Balaban J connectivity index is 2.60. The maximum absolute atomic E-state index is 11.4. The second-order valence-electron chi connectivity index (χ2n) is 4.11. The number of aromatic nitrogens is 2. The number of rotatable bonds is 7. The first-order valence-corrected chi connectivity index (χ1v) is 6.04. The quantitative estimate of drug-likeness (QED) is 0.558. The van der Waals surface area contributed by atoms with Gasteiger partial charge < -0.3 is 9.26 Å². The Bertz CT molecular complexity index is 487. The van der Waals surface area contributed by atoms with Gasteiger partial charge in [0.05, 0.1) is 12.5 Å². The summed E-state index contributed by atoms with van der Waals surface area (Å²) < 4.78 is 10.1. The van der Waals surface area contributed by atoms with Gasteiger partial charge in [-0.2, -0.15) is 4.98 Å². The molecule has 0 amide bonds. The standard InChI is InChI=1S/C14H18N2O3/c1-5-7-11(6-2)14-15-12(19-16-14)8-9-13(17)18-10(3)4/h5-7,10H,1-2,8-9H2,3-4H3. The van der Waals surface area contributed by atoms with Crippen LogP contribution >= 0.6 is 0 Å². The van der Waals surface area contributed by atoms with Gasteiger partial charge in [0, 0.05) is 12.0 Å². The van der Waals surface area contributed by atoms with E-state index in [9.17, 15) is 4.79 Å². The van der Waals surface area contributed by atoms with Crippen molar-refractivity contribution < 1.29 is 14.1 Å². The van der Waals surface area contributed by atoms with Crippen LogP contribution < -0.4 is 0 Å². The van der Waals surface area contributed by atoms with E-state index in [1.54, 1.807) is 32.1 Å². The van der Waals surface area contributed by atoms with Crippen LogP contribution in [0.15, 0.2) is 35.9 Å². The highest BCUT2D eigenvalue weighted by Gasteiger charge is 2.12. The third-order valence-electron chi connectivity index (χ3n) is 2.15. The van der Waals surface area contributed by atoms with E-state index < -0.39 is 0 Å². The molecule has 19 heavy (non-hydrogen) atoms. The Hall–Kier alpha value is -2.17. The fourth-order valence-corrected chi connectivity index (χ4v) is 1.37. The van der Waals surface area contributed by atoms with E-state index in [-0.39, 0.29) is 18.5 Å². The maximum atomic E-state index is 11.4. The monoisotopic (exact) mass is 262 g/mol. The van der Waals surface area contributed by atoms with E-state index in [1.807, 2.05) is 0 Å². The number of nitrogens with zero attached hydrogens (tertiary/aromatic N) is 2. The molecule has 0 bridgehead atoms. The van der Waals surface area contributed by atoms with Gasteiger partial charge in [-0.15, -0.1) is 0 Å². The predicted octanol–water partition coefficient (Wildman–Crippen LogP) is 2.71. The van der Waals surface area contributed by atoms with Gasteiger partial charge in [-0.25, -0.2) is 0 Å². The fraction of sp³-hybridized carbons (Fsp3) is 0.357. The summed E-state index contributed by atoms with van der Waals surface area (Å²) in [6, 6.07) is 0. The average molecular weight is 262 g/mol. The molecule has 0 unspecified atom stereocenters. The number of aryl methyl sites for hydroxylation is 1. The lowest BCUT2D eigenvalue weighted by atomic mass is 10.2. The van der Waals surface area contributed by atoms with Crippen molar-refractivity contribution in [3.05, 3.63) is 43.1 Å². The number of carbonyl (C=O) groups excluding carboxylic acids is 1. The van der Waals surface area contributed by atoms with Gasteiger partial charge in [0.25, 0.3) is 0 Å². The molecule has 0 atom stereocenters.